The molecule has 2 heterocycles. The Kier molecular flexibility index (Phi) is 6.78. The smallest absolute Gasteiger partial charge is 0.224 e. The number of benzene rings is 1. The average Bonchev–Trinajstić information content (AvgIpc) is 3.20. The average molecular weight is 378 g/mol. The first kappa shape index (κ1) is 19.6. The number of carbonyl (C=O) groups is 1. The van der Waals surface area contributed by atoms with Crippen LogP contribution in [0, 0.1) is 0 Å². The van der Waals surface area contributed by atoms with Crippen molar-refractivity contribution < 1.29 is 9.53 Å². The Morgan fingerprint density at radius 3 is 2.75 bits per heavy atom. The van der Waals surface area contributed by atoms with Crippen molar-refractivity contribution in [1.82, 2.24) is 19.4 Å². The third-order valence-corrected chi connectivity index (χ3v) is 4.69. The fraction of sp³-hybridized carbons (Fsp3) is 0.318. The van der Waals surface area contributed by atoms with Crippen molar-refractivity contribution in [2.24, 2.45) is 0 Å². The van der Waals surface area contributed by atoms with Gasteiger partial charge in [-0.25, -0.2) is 4.98 Å². The van der Waals surface area contributed by atoms with Gasteiger partial charge in [0.2, 0.25) is 5.91 Å². The number of hydrogen-bond donors (Lipinski definition) is 0. The molecule has 3 rings (SSSR count). The monoisotopic (exact) mass is 378 g/mol. The summed E-state index contributed by atoms with van der Waals surface area (Å²) in [4.78, 5) is 23.4. The van der Waals surface area contributed by atoms with Crippen molar-refractivity contribution in [1.29, 1.82) is 0 Å². The highest BCUT2D eigenvalue weighted by molar-refractivity contribution is 5.76. The Labute approximate surface area is 165 Å². The number of ether oxygens (including phenoxy) is 1. The van der Waals surface area contributed by atoms with Gasteiger partial charge >= 0.3 is 0 Å². The zero-order chi connectivity index (χ0) is 19.8. The molecule has 0 aliphatic carbocycles. The van der Waals surface area contributed by atoms with E-state index in [2.05, 4.69) is 16.9 Å². The molecule has 146 valence electrons. The summed E-state index contributed by atoms with van der Waals surface area (Å²) in [6.07, 6.45) is 8.51. The quantitative estimate of drug-likeness (QED) is 0.572. The van der Waals surface area contributed by atoms with Gasteiger partial charge in [0.05, 0.1) is 7.11 Å². The first-order valence-electron chi connectivity index (χ1n) is 9.49. The van der Waals surface area contributed by atoms with Crippen LogP contribution in [0.1, 0.15) is 30.3 Å². The summed E-state index contributed by atoms with van der Waals surface area (Å²) < 4.78 is 7.51. The van der Waals surface area contributed by atoms with Crippen molar-refractivity contribution in [2.45, 2.75) is 39.4 Å². The summed E-state index contributed by atoms with van der Waals surface area (Å²) in [5.41, 5.74) is 1.99. The maximum atomic E-state index is 13.1. The molecule has 0 radical (unpaired) electrons. The van der Waals surface area contributed by atoms with E-state index in [1.807, 2.05) is 52.1 Å². The number of aryl methyl sites for hydroxylation is 2. The van der Waals surface area contributed by atoms with Crippen LogP contribution in [-0.4, -0.2) is 32.5 Å². The number of hydrogen-bond acceptors (Lipinski definition) is 4. The molecule has 28 heavy (non-hydrogen) atoms. The molecule has 0 saturated heterocycles. The number of para-hydroxylation sites is 1. The molecular formula is C22H26N4O2. The highest BCUT2D eigenvalue weighted by Crippen LogP contribution is 2.21. The summed E-state index contributed by atoms with van der Waals surface area (Å²) in [6, 6.07) is 11.7. The van der Waals surface area contributed by atoms with Crippen molar-refractivity contribution in [3.8, 4) is 5.75 Å². The van der Waals surface area contributed by atoms with Gasteiger partial charge in [0, 0.05) is 62.8 Å². The Morgan fingerprint density at radius 1 is 1.14 bits per heavy atom. The molecule has 0 N–H and O–H groups in total. The van der Waals surface area contributed by atoms with Crippen LogP contribution in [0.4, 0.5) is 0 Å². The van der Waals surface area contributed by atoms with E-state index in [4.69, 9.17) is 4.74 Å². The fourth-order valence-corrected chi connectivity index (χ4v) is 3.22. The van der Waals surface area contributed by atoms with E-state index in [-0.39, 0.29) is 5.91 Å². The Morgan fingerprint density at radius 2 is 2.00 bits per heavy atom. The largest absolute Gasteiger partial charge is 0.496 e. The first-order valence-corrected chi connectivity index (χ1v) is 9.49. The van der Waals surface area contributed by atoms with Crippen molar-refractivity contribution in [2.75, 3.05) is 7.11 Å². The van der Waals surface area contributed by atoms with Crippen LogP contribution in [0.5, 0.6) is 5.75 Å². The van der Waals surface area contributed by atoms with Gasteiger partial charge in [-0.2, -0.15) is 0 Å². The second kappa shape index (κ2) is 9.69. The SMILES string of the molecule is CCc1nccn1CCC(=O)N(Cc1cccnc1)Cc1ccccc1OC. The highest BCUT2D eigenvalue weighted by Gasteiger charge is 2.17. The number of carbonyl (C=O) groups excluding carboxylic acids is 1. The molecule has 0 spiro atoms. The number of imidazole rings is 1. The minimum Gasteiger partial charge on any atom is -0.496 e. The molecule has 0 aliphatic rings. The number of nitrogens with zero attached hydrogens (tertiary/aromatic N) is 4. The van der Waals surface area contributed by atoms with Gasteiger partial charge < -0.3 is 14.2 Å². The summed E-state index contributed by atoms with van der Waals surface area (Å²) in [7, 11) is 1.65. The van der Waals surface area contributed by atoms with Crippen molar-refractivity contribution in [3.63, 3.8) is 0 Å². The van der Waals surface area contributed by atoms with Crippen LogP contribution in [-0.2, 0) is 30.8 Å². The van der Waals surface area contributed by atoms with Gasteiger partial charge in [0.25, 0.3) is 0 Å². The molecule has 3 aromatic rings. The molecular weight excluding hydrogens is 352 g/mol. The van der Waals surface area contributed by atoms with E-state index in [0.717, 1.165) is 29.1 Å². The van der Waals surface area contributed by atoms with E-state index in [9.17, 15) is 4.79 Å². The van der Waals surface area contributed by atoms with E-state index in [1.165, 1.54) is 0 Å². The number of pyridine rings is 1. The molecule has 0 fully saturated rings. The third-order valence-electron chi connectivity index (χ3n) is 4.69. The number of methoxy groups -OCH3 is 1. The molecule has 1 amide bonds. The molecule has 2 aromatic heterocycles. The number of amides is 1. The Bertz CT molecular complexity index is 892. The molecule has 0 atom stereocenters. The molecule has 0 unspecified atom stereocenters. The third kappa shape index (κ3) is 4.97. The second-order valence-corrected chi connectivity index (χ2v) is 6.56. The number of rotatable bonds is 9. The fourth-order valence-electron chi connectivity index (χ4n) is 3.22. The normalized spacial score (nSPS) is 10.6. The van der Waals surface area contributed by atoms with Crippen LogP contribution in [0.3, 0.4) is 0 Å². The van der Waals surface area contributed by atoms with Gasteiger partial charge in [-0.3, -0.25) is 9.78 Å². The van der Waals surface area contributed by atoms with E-state index >= 15 is 0 Å². The molecule has 6 nitrogen and oxygen atoms in total. The van der Waals surface area contributed by atoms with Crippen LogP contribution in [0.2, 0.25) is 0 Å². The number of aromatic nitrogens is 3. The van der Waals surface area contributed by atoms with Gasteiger partial charge in [0.1, 0.15) is 11.6 Å². The summed E-state index contributed by atoms with van der Waals surface area (Å²) >= 11 is 0. The summed E-state index contributed by atoms with van der Waals surface area (Å²) in [6.45, 7) is 3.69. The highest BCUT2D eigenvalue weighted by atomic mass is 16.5. The van der Waals surface area contributed by atoms with Crippen LogP contribution in [0.25, 0.3) is 0 Å². The van der Waals surface area contributed by atoms with Gasteiger partial charge in [-0.15, -0.1) is 0 Å². The van der Waals surface area contributed by atoms with Gasteiger partial charge in [0.15, 0.2) is 0 Å². The first-order chi connectivity index (χ1) is 13.7. The van der Waals surface area contributed by atoms with Crippen LogP contribution in [0.15, 0.2) is 61.2 Å². The predicted octanol–water partition coefficient (Wildman–Crippen LogP) is 3.47. The van der Waals surface area contributed by atoms with E-state index in [1.54, 1.807) is 25.7 Å². The predicted molar refractivity (Wildman–Crippen MR) is 108 cm³/mol. The maximum Gasteiger partial charge on any atom is 0.224 e. The molecule has 0 aliphatic heterocycles. The summed E-state index contributed by atoms with van der Waals surface area (Å²) in [5, 5.41) is 0. The van der Waals surface area contributed by atoms with E-state index in [0.29, 0.717) is 26.1 Å². The van der Waals surface area contributed by atoms with Gasteiger partial charge in [-0.05, 0) is 17.7 Å². The topological polar surface area (TPSA) is 60.2 Å². The lowest BCUT2D eigenvalue weighted by Gasteiger charge is -2.24. The maximum absolute atomic E-state index is 13.1. The zero-order valence-corrected chi connectivity index (χ0v) is 16.4. The Balaban J connectivity index is 1.75. The Hall–Kier alpha value is -3.15. The molecule has 0 bridgehead atoms. The standard InChI is InChI=1S/C22H26N4O2/c1-3-21-24-12-14-25(21)13-10-22(27)26(16-18-7-6-11-23-15-18)17-19-8-4-5-9-20(19)28-2/h4-9,11-12,14-15H,3,10,13,16-17H2,1-2H3. The lowest BCUT2D eigenvalue weighted by Crippen LogP contribution is -2.31. The molecule has 0 saturated carbocycles. The lowest BCUT2D eigenvalue weighted by atomic mass is 10.1. The van der Waals surface area contributed by atoms with Crippen molar-refractivity contribution in [3.05, 3.63) is 78.1 Å². The van der Waals surface area contributed by atoms with E-state index < -0.39 is 0 Å². The van der Waals surface area contributed by atoms with Gasteiger partial charge in [-0.1, -0.05) is 31.2 Å². The summed E-state index contributed by atoms with van der Waals surface area (Å²) in [5.74, 6) is 1.87. The second-order valence-electron chi connectivity index (χ2n) is 6.56. The minimum absolute atomic E-state index is 0.0884. The molecule has 6 heteroatoms. The zero-order valence-electron chi connectivity index (χ0n) is 16.4. The van der Waals surface area contributed by atoms with Crippen LogP contribution < -0.4 is 4.74 Å². The lowest BCUT2D eigenvalue weighted by molar-refractivity contribution is -0.132. The molecule has 1 aromatic carbocycles. The van der Waals surface area contributed by atoms with Crippen molar-refractivity contribution >= 4 is 5.91 Å². The minimum atomic E-state index is 0.0884. The van der Waals surface area contributed by atoms with Crippen LogP contribution >= 0.6 is 0 Å².